The Morgan fingerprint density at radius 3 is 1.19 bits per heavy atom. The molecule has 0 spiro atoms. The van der Waals surface area contributed by atoms with Crippen molar-refractivity contribution in [2.45, 2.75) is 181 Å². The Morgan fingerprint density at radius 1 is 0.522 bits per heavy atom. The molecule has 8 saturated carbocycles. The van der Waals surface area contributed by atoms with Crippen molar-refractivity contribution in [2.75, 3.05) is 27.2 Å². The minimum atomic E-state index is -1.03. The number of aliphatic carboxylic acids is 2. The number of nitrogens with one attached hydrogen (secondary N) is 2. The summed E-state index contributed by atoms with van der Waals surface area (Å²) in [5, 5.41) is 95.6. The van der Waals surface area contributed by atoms with Crippen LogP contribution in [-0.2, 0) is 36.2 Å². The van der Waals surface area contributed by atoms with E-state index in [1.807, 2.05) is 0 Å². The van der Waals surface area contributed by atoms with Gasteiger partial charge in [-0.25, -0.2) is 0 Å². The Morgan fingerprint density at radius 2 is 0.870 bits per heavy atom. The fourth-order valence-corrected chi connectivity index (χ4v) is 19.1. The quantitative estimate of drug-likeness (QED) is 0.116. The van der Waals surface area contributed by atoms with Crippen molar-refractivity contribution in [3.63, 3.8) is 0 Å². The maximum atomic E-state index is 13.2. The van der Waals surface area contributed by atoms with Crippen LogP contribution in [0.25, 0.3) is 0 Å². The second-order valence-corrected chi connectivity index (χ2v) is 25.0. The third-order valence-electron chi connectivity index (χ3n) is 22.4. The predicted octanol–water partition coefficient (Wildman–Crippen LogP) is 2.25. The molecule has 0 aromatic heterocycles. The maximum Gasteiger partial charge on any atom is 2.00 e. The van der Waals surface area contributed by atoms with Gasteiger partial charge in [0.15, 0.2) is 0 Å². The molecular weight excluding hydrogens is 924 g/mol. The molecule has 15 heteroatoms. The smallest absolute Gasteiger partial charge is 0.550 e. The molecule has 0 aromatic rings. The normalized spacial score (nSPS) is 48.3. The number of fused-ring (bicyclic) bond motifs is 10. The van der Waals surface area contributed by atoms with Crippen LogP contribution in [0.3, 0.4) is 0 Å². The standard InChI is InChI=1S/2C27H45NO6.Fe/c2*1-14(5-8-24(33)34)17-6-7-18-25-20(12-23(32)27(17,18)3)26(2)15(10-21(25)30)9-16(29)11-19(26)22(31)13-28-4;/h2*14-21,23,25,28-30,32H,5-13H2,1-4H3,(H,33,34);/q;;+2/p-2/t2*14-,15+,16+,17-,18?,19?,20?,21-,23+,25?,26-,27-;/m11./s1. The fourth-order valence-electron chi connectivity index (χ4n) is 19.1. The van der Waals surface area contributed by atoms with E-state index in [0.29, 0.717) is 64.2 Å². The van der Waals surface area contributed by atoms with E-state index >= 15 is 0 Å². The van der Waals surface area contributed by atoms with Crippen LogP contribution in [-0.4, -0.2) is 118 Å². The molecule has 394 valence electrons. The van der Waals surface area contributed by atoms with E-state index in [1.165, 1.54) is 0 Å². The Hall–Kier alpha value is -1.52. The first kappa shape index (κ1) is 56.8. The molecule has 8 aliphatic carbocycles. The van der Waals surface area contributed by atoms with E-state index in [1.54, 1.807) is 14.1 Å². The second kappa shape index (κ2) is 21.7. The van der Waals surface area contributed by atoms with Gasteiger partial charge in [-0.3, -0.25) is 9.59 Å². The van der Waals surface area contributed by atoms with Crippen molar-refractivity contribution >= 4 is 23.5 Å². The third kappa shape index (κ3) is 9.74. The Bertz CT molecular complexity index is 1710. The summed E-state index contributed by atoms with van der Waals surface area (Å²) >= 11 is 0. The van der Waals surface area contributed by atoms with Crippen molar-refractivity contribution in [3.05, 3.63) is 0 Å². The van der Waals surface area contributed by atoms with Crippen molar-refractivity contribution < 1.29 is 77.1 Å². The molecule has 0 bridgehead atoms. The minimum Gasteiger partial charge on any atom is -0.550 e. The van der Waals surface area contributed by atoms with E-state index in [-0.39, 0.29) is 159 Å². The van der Waals surface area contributed by atoms with Gasteiger partial charge < -0.3 is 61.1 Å². The number of carbonyl (C=O) groups is 4. The number of carboxylic acid groups (broad SMARTS) is 2. The van der Waals surface area contributed by atoms with E-state index in [9.17, 15) is 60.0 Å². The summed E-state index contributed by atoms with van der Waals surface area (Å²) in [6, 6.07) is 0. The number of aliphatic hydroxyl groups excluding tert-OH is 6. The summed E-state index contributed by atoms with van der Waals surface area (Å²) in [5.74, 6) is -1.29. The molecule has 0 aromatic carbocycles. The van der Waals surface area contributed by atoms with Crippen molar-refractivity contribution in [3.8, 4) is 0 Å². The number of ketones is 2. The number of likely N-dealkylation sites (N-methyl/N-ethyl adjacent to an activating group) is 2. The molecule has 14 nitrogen and oxygen atoms in total. The molecule has 8 fully saturated rings. The number of hydrogen-bond donors (Lipinski definition) is 8. The summed E-state index contributed by atoms with van der Waals surface area (Å²) in [5.41, 5.74) is -1.49. The number of hydrogen-bond acceptors (Lipinski definition) is 14. The minimum absolute atomic E-state index is 0. The first-order valence-corrected chi connectivity index (χ1v) is 26.7. The molecule has 8 N–H and O–H groups in total. The van der Waals surface area contributed by atoms with E-state index in [2.05, 4.69) is 52.2 Å². The Balaban J connectivity index is 0.000000224. The first-order chi connectivity index (χ1) is 31.9. The molecule has 0 aliphatic heterocycles. The molecule has 8 aliphatic rings. The van der Waals surface area contributed by atoms with Gasteiger partial charge in [-0.1, -0.05) is 41.5 Å². The molecule has 0 heterocycles. The molecule has 0 saturated heterocycles. The molecule has 69 heavy (non-hydrogen) atoms. The average molecular weight is 1010 g/mol. The van der Waals surface area contributed by atoms with Gasteiger partial charge in [0.05, 0.1) is 49.7 Å². The van der Waals surface area contributed by atoms with E-state index in [4.69, 9.17) is 0 Å². The third-order valence-corrected chi connectivity index (χ3v) is 22.4. The molecule has 24 atom stereocenters. The van der Waals surface area contributed by atoms with Crippen LogP contribution in [0.2, 0.25) is 0 Å². The van der Waals surface area contributed by atoms with Gasteiger partial charge in [0.25, 0.3) is 0 Å². The van der Waals surface area contributed by atoms with Crippen molar-refractivity contribution in [1.82, 2.24) is 10.6 Å². The maximum absolute atomic E-state index is 13.2. The Labute approximate surface area is 422 Å². The molecule has 0 radical (unpaired) electrons. The zero-order chi connectivity index (χ0) is 50.0. The summed E-state index contributed by atoms with van der Waals surface area (Å²) < 4.78 is 0. The van der Waals surface area contributed by atoms with Gasteiger partial charge in [0, 0.05) is 23.8 Å². The van der Waals surface area contributed by atoms with Crippen LogP contribution in [0.15, 0.2) is 0 Å². The van der Waals surface area contributed by atoms with Gasteiger partial charge in [0.1, 0.15) is 11.6 Å². The van der Waals surface area contributed by atoms with Crippen LogP contribution in [0.5, 0.6) is 0 Å². The van der Waals surface area contributed by atoms with Gasteiger partial charge in [0.2, 0.25) is 0 Å². The number of Topliss-reactive ketones (excluding diaryl/α,β-unsaturated/α-hetero) is 2. The molecule has 8 rings (SSSR count). The van der Waals surface area contributed by atoms with Gasteiger partial charge in [-0.2, -0.15) is 0 Å². The van der Waals surface area contributed by atoms with Gasteiger partial charge in [-0.05, 0) is 210 Å². The predicted molar refractivity (Wildman–Crippen MR) is 250 cm³/mol. The Kier molecular flexibility index (Phi) is 17.9. The van der Waals surface area contributed by atoms with Gasteiger partial charge >= 0.3 is 17.1 Å². The number of carboxylic acids is 2. The summed E-state index contributed by atoms with van der Waals surface area (Å²) in [7, 11) is 3.53. The second-order valence-electron chi connectivity index (χ2n) is 25.0. The number of aliphatic hydroxyl groups is 6. The zero-order valence-electron chi connectivity index (χ0n) is 42.8. The summed E-state index contributed by atoms with van der Waals surface area (Å²) in [6.07, 6.45) is 5.94. The van der Waals surface area contributed by atoms with Crippen LogP contribution in [0, 0.1) is 105 Å². The fraction of sp³-hybridized carbons (Fsp3) is 0.926. The van der Waals surface area contributed by atoms with Crippen LogP contribution in [0.4, 0.5) is 0 Å². The summed E-state index contributed by atoms with van der Waals surface area (Å²) in [4.78, 5) is 48.6. The topological polar surface area (TPSA) is 260 Å². The largest absolute Gasteiger partial charge is 2.00 e. The molecule has 8 unspecified atom stereocenters. The average Bonchev–Trinajstić information content (AvgIpc) is 3.82. The zero-order valence-corrected chi connectivity index (χ0v) is 43.9. The summed E-state index contributed by atoms with van der Waals surface area (Å²) in [6.45, 7) is 13.4. The van der Waals surface area contributed by atoms with Crippen molar-refractivity contribution in [2.24, 2.45) is 105 Å². The number of rotatable bonds is 14. The SMILES string of the molecule is CNCC(=O)C1C[C@@H](O)C[C@H]2C[C@@H](O)C3C(C[C@H](O)[C@@]4(C)C3CC[C@@H]4[C@H](C)CCC(=O)[O-])[C@@]12C.CNCC(=O)C1C[C@@H](O)C[C@H]2C[C@@H](O)C3C(C[C@H](O)[C@@]4(C)C3CC[C@@H]4[C@H](C)CCC(=O)[O-])[C@@]12C.[Fe+2]. The van der Waals surface area contributed by atoms with Crippen LogP contribution < -0.4 is 20.8 Å². The van der Waals surface area contributed by atoms with Crippen molar-refractivity contribution in [1.29, 1.82) is 0 Å². The molecular formula is C54H88FeN2O12. The number of carbonyl (C=O) groups excluding carboxylic acids is 4. The van der Waals surface area contributed by atoms with Crippen LogP contribution >= 0.6 is 0 Å². The van der Waals surface area contributed by atoms with Crippen LogP contribution in [0.1, 0.15) is 144 Å². The monoisotopic (exact) mass is 1010 g/mol. The van der Waals surface area contributed by atoms with Gasteiger partial charge in [-0.15, -0.1) is 0 Å². The molecule has 0 amide bonds. The first-order valence-electron chi connectivity index (χ1n) is 26.7. The van der Waals surface area contributed by atoms with E-state index in [0.717, 1.165) is 25.7 Å². The van der Waals surface area contributed by atoms with E-state index < -0.39 is 48.6 Å².